The predicted molar refractivity (Wildman–Crippen MR) is 138 cm³/mol. The van der Waals surface area contributed by atoms with Gasteiger partial charge in [-0.15, -0.1) is 24.0 Å². The van der Waals surface area contributed by atoms with Gasteiger partial charge >= 0.3 is 0 Å². The molecular formula is C23H37IN6O. The van der Waals surface area contributed by atoms with Crippen molar-refractivity contribution in [2.45, 2.75) is 46.2 Å². The third kappa shape index (κ3) is 7.38. The third-order valence-electron chi connectivity index (χ3n) is 5.58. The van der Waals surface area contributed by atoms with Crippen LogP contribution < -0.4 is 15.5 Å². The van der Waals surface area contributed by atoms with Gasteiger partial charge in [-0.1, -0.05) is 6.07 Å². The van der Waals surface area contributed by atoms with Crippen LogP contribution in [0.15, 0.2) is 46.1 Å². The molecule has 1 aliphatic heterocycles. The Bertz CT molecular complexity index is 755. The maximum absolute atomic E-state index is 5.72. The Hall–Kier alpha value is -1.81. The molecule has 0 aliphatic carbocycles. The Labute approximate surface area is 203 Å². The van der Waals surface area contributed by atoms with Crippen molar-refractivity contribution in [3.63, 3.8) is 0 Å². The summed E-state index contributed by atoms with van der Waals surface area (Å²) < 4.78 is 5.72. The summed E-state index contributed by atoms with van der Waals surface area (Å²) in [5.41, 5.74) is 1.10. The van der Waals surface area contributed by atoms with Crippen LogP contribution in [0.3, 0.4) is 0 Å². The lowest BCUT2D eigenvalue weighted by Gasteiger charge is -2.26. The number of aromatic nitrogens is 1. The van der Waals surface area contributed by atoms with Gasteiger partial charge in [0.25, 0.3) is 0 Å². The molecule has 7 nitrogen and oxygen atoms in total. The average Bonchev–Trinajstić information content (AvgIpc) is 3.49. The minimum atomic E-state index is 0. The fourth-order valence-electron chi connectivity index (χ4n) is 3.89. The van der Waals surface area contributed by atoms with Gasteiger partial charge in [-0.25, -0.2) is 9.98 Å². The van der Waals surface area contributed by atoms with Gasteiger partial charge in [-0.3, -0.25) is 4.90 Å². The van der Waals surface area contributed by atoms with E-state index in [-0.39, 0.29) is 30.0 Å². The topological polar surface area (TPSA) is 68.9 Å². The minimum Gasteiger partial charge on any atom is -0.468 e. The first-order chi connectivity index (χ1) is 14.7. The SMILES string of the molecule is CCNC(=NCc1ccc(N(CC)CC)nc1)NCC(c1ccco1)N1CCCC1.I. The summed E-state index contributed by atoms with van der Waals surface area (Å²) in [5.74, 6) is 2.85. The van der Waals surface area contributed by atoms with E-state index in [2.05, 4.69) is 64.4 Å². The van der Waals surface area contributed by atoms with E-state index in [0.29, 0.717) is 6.54 Å². The zero-order valence-electron chi connectivity index (χ0n) is 19.0. The average molecular weight is 540 g/mol. The van der Waals surface area contributed by atoms with Crippen LogP contribution in [0.1, 0.15) is 51.0 Å². The first-order valence-corrected chi connectivity index (χ1v) is 11.2. The predicted octanol–water partition coefficient (Wildman–Crippen LogP) is 4.03. The lowest BCUT2D eigenvalue weighted by Crippen LogP contribution is -2.42. The molecule has 2 N–H and O–H groups in total. The zero-order valence-corrected chi connectivity index (χ0v) is 21.3. The number of hydrogen-bond donors (Lipinski definition) is 2. The van der Waals surface area contributed by atoms with E-state index in [0.717, 1.165) is 62.4 Å². The first kappa shape index (κ1) is 25.5. The molecular weight excluding hydrogens is 503 g/mol. The highest BCUT2D eigenvalue weighted by atomic mass is 127. The van der Waals surface area contributed by atoms with Crippen molar-refractivity contribution in [3.05, 3.63) is 48.0 Å². The van der Waals surface area contributed by atoms with E-state index in [4.69, 9.17) is 9.41 Å². The largest absolute Gasteiger partial charge is 0.468 e. The summed E-state index contributed by atoms with van der Waals surface area (Å²) in [6.07, 6.45) is 6.19. The molecule has 0 bridgehead atoms. The standard InChI is InChI=1S/C23H36N6O.HI/c1-4-24-23(26-17-19-11-12-22(25-16-19)28(5-2)6-3)27-18-20(21-10-9-15-30-21)29-13-7-8-14-29;/h9-12,15-16,20H,4-8,13-14,17-18H2,1-3H3,(H2,24,26,27);1H. The maximum atomic E-state index is 5.72. The van der Waals surface area contributed by atoms with E-state index in [9.17, 15) is 0 Å². The number of nitrogens with one attached hydrogen (secondary N) is 2. The number of hydrogen-bond acceptors (Lipinski definition) is 5. The Morgan fingerprint density at radius 1 is 1.16 bits per heavy atom. The third-order valence-corrected chi connectivity index (χ3v) is 5.58. The van der Waals surface area contributed by atoms with E-state index in [1.54, 1.807) is 6.26 Å². The zero-order chi connectivity index (χ0) is 21.2. The molecule has 172 valence electrons. The molecule has 0 aromatic carbocycles. The highest BCUT2D eigenvalue weighted by Crippen LogP contribution is 2.24. The van der Waals surface area contributed by atoms with Crippen molar-refractivity contribution in [3.8, 4) is 0 Å². The Balaban J connectivity index is 0.00000341. The van der Waals surface area contributed by atoms with Crippen molar-refractivity contribution in [1.82, 2.24) is 20.5 Å². The molecule has 1 atom stereocenters. The Morgan fingerprint density at radius 3 is 2.52 bits per heavy atom. The van der Waals surface area contributed by atoms with Crippen molar-refractivity contribution >= 4 is 35.8 Å². The van der Waals surface area contributed by atoms with Gasteiger partial charge in [0.05, 0.1) is 18.8 Å². The van der Waals surface area contributed by atoms with Gasteiger partial charge < -0.3 is 20.0 Å². The van der Waals surface area contributed by atoms with Crippen molar-refractivity contribution < 1.29 is 4.42 Å². The van der Waals surface area contributed by atoms with Gasteiger partial charge in [-0.2, -0.15) is 0 Å². The normalized spacial score (nSPS) is 15.4. The molecule has 0 amide bonds. The first-order valence-electron chi connectivity index (χ1n) is 11.2. The number of furan rings is 1. The monoisotopic (exact) mass is 540 g/mol. The summed E-state index contributed by atoms with van der Waals surface area (Å²) in [6, 6.07) is 8.45. The van der Waals surface area contributed by atoms with Crippen molar-refractivity contribution in [2.24, 2.45) is 4.99 Å². The number of guanidine groups is 1. The smallest absolute Gasteiger partial charge is 0.191 e. The van der Waals surface area contributed by atoms with Gasteiger partial charge in [0.1, 0.15) is 11.6 Å². The summed E-state index contributed by atoms with van der Waals surface area (Å²) in [5, 5.41) is 6.87. The maximum Gasteiger partial charge on any atom is 0.191 e. The molecule has 2 aromatic rings. The second-order valence-corrected chi connectivity index (χ2v) is 7.55. The van der Waals surface area contributed by atoms with Crippen LogP contribution in [0, 0.1) is 0 Å². The second-order valence-electron chi connectivity index (χ2n) is 7.55. The minimum absolute atomic E-state index is 0. The van der Waals surface area contributed by atoms with Crippen LogP contribution in [0.25, 0.3) is 0 Å². The molecule has 3 rings (SSSR count). The molecule has 1 unspecified atom stereocenters. The summed E-state index contributed by atoms with van der Waals surface area (Å²) >= 11 is 0. The molecule has 0 radical (unpaired) electrons. The van der Waals surface area contributed by atoms with Crippen molar-refractivity contribution in [2.75, 3.05) is 44.2 Å². The number of anilines is 1. The quantitative estimate of drug-likeness (QED) is 0.270. The number of rotatable bonds is 10. The van der Waals surface area contributed by atoms with Crippen LogP contribution in [0.2, 0.25) is 0 Å². The Kier molecular flexibility index (Phi) is 11.1. The van der Waals surface area contributed by atoms with E-state index < -0.39 is 0 Å². The molecule has 1 fully saturated rings. The number of nitrogens with zero attached hydrogens (tertiary/aromatic N) is 4. The lowest BCUT2D eigenvalue weighted by atomic mass is 10.2. The van der Waals surface area contributed by atoms with Crippen LogP contribution >= 0.6 is 24.0 Å². The summed E-state index contributed by atoms with van der Waals surface area (Å²) in [4.78, 5) is 14.1. The number of pyridine rings is 1. The van der Waals surface area contributed by atoms with E-state index in [1.165, 1.54) is 12.8 Å². The Morgan fingerprint density at radius 2 is 1.94 bits per heavy atom. The number of aliphatic imine (C=N–C) groups is 1. The molecule has 0 spiro atoms. The van der Waals surface area contributed by atoms with Gasteiger partial charge in [0.2, 0.25) is 0 Å². The highest BCUT2D eigenvalue weighted by Gasteiger charge is 2.25. The van der Waals surface area contributed by atoms with E-state index in [1.807, 2.05) is 12.3 Å². The fraction of sp³-hybridized carbons (Fsp3) is 0.565. The number of likely N-dealkylation sites (tertiary alicyclic amines) is 1. The van der Waals surface area contributed by atoms with Crippen LogP contribution in [-0.2, 0) is 6.54 Å². The molecule has 1 saturated heterocycles. The molecule has 2 aromatic heterocycles. The fourth-order valence-corrected chi connectivity index (χ4v) is 3.89. The highest BCUT2D eigenvalue weighted by molar-refractivity contribution is 14.0. The lowest BCUT2D eigenvalue weighted by molar-refractivity contribution is 0.215. The van der Waals surface area contributed by atoms with Crippen LogP contribution in [-0.4, -0.2) is 55.1 Å². The molecule has 31 heavy (non-hydrogen) atoms. The van der Waals surface area contributed by atoms with Crippen LogP contribution in [0.5, 0.6) is 0 Å². The van der Waals surface area contributed by atoms with E-state index >= 15 is 0 Å². The van der Waals surface area contributed by atoms with Crippen LogP contribution in [0.4, 0.5) is 5.82 Å². The molecule has 8 heteroatoms. The van der Waals surface area contributed by atoms with Gasteiger partial charge in [-0.05, 0) is 70.5 Å². The molecule has 1 aliphatic rings. The van der Waals surface area contributed by atoms with Gasteiger partial charge in [0.15, 0.2) is 5.96 Å². The molecule has 0 saturated carbocycles. The number of halogens is 1. The second kappa shape index (κ2) is 13.6. The van der Waals surface area contributed by atoms with Gasteiger partial charge in [0, 0.05) is 32.4 Å². The van der Waals surface area contributed by atoms with Crippen molar-refractivity contribution in [1.29, 1.82) is 0 Å². The molecule has 3 heterocycles. The summed E-state index contributed by atoms with van der Waals surface area (Å²) in [6.45, 7) is 12.7. The summed E-state index contributed by atoms with van der Waals surface area (Å²) in [7, 11) is 0.